The van der Waals surface area contributed by atoms with E-state index in [9.17, 15) is 0 Å². The van der Waals surface area contributed by atoms with Crippen LogP contribution in [0.15, 0.2) is 24.5 Å². The summed E-state index contributed by atoms with van der Waals surface area (Å²) in [7, 11) is 0. The molecule has 1 N–H and O–H groups in total. The summed E-state index contributed by atoms with van der Waals surface area (Å²) in [6.07, 6.45) is 1.51. The minimum Gasteiger partial charge on any atom is -0.438 e. The predicted molar refractivity (Wildman–Crippen MR) is 76.9 cm³/mol. The first-order valence-electron chi connectivity index (χ1n) is 6.42. The van der Waals surface area contributed by atoms with Gasteiger partial charge in [0.2, 0.25) is 5.88 Å². The Kier molecular flexibility index (Phi) is 4.00. The lowest BCUT2D eigenvalue weighted by Crippen LogP contribution is -2.01. The molecule has 2 rings (SSSR count). The van der Waals surface area contributed by atoms with Crippen molar-refractivity contribution in [1.29, 1.82) is 0 Å². The van der Waals surface area contributed by atoms with Gasteiger partial charge < -0.3 is 10.1 Å². The number of ether oxygens (including phenoxy) is 1. The number of anilines is 1. The van der Waals surface area contributed by atoms with Crippen LogP contribution in [0, 0.1) is 20.8 Å². The molecule has 100 valence electrons. The molecule has 1 aromatic carbocycles. The molecule has 2 aromatic rings. The fourth-order valence-electron chi connectivity index (χ4n) is 1.86. The number of aryl methyl sites for hydroxylation is 2. The summed E-state index contributed by atoms with van der Waals surface area (Å²) in [6, 6.07) is 5.97. The summed E-state index contributed by atoms with van der Waals surface area (Å²) in [5.41, 5.74) is 3.46. The summed E-state index contributed by atoms with van der Waals surface area (Å²) in [4.78, 5) is 8.29. The number of nitrogens with one attached hydrogen (secondary N) is 1. The maximum atomic E-state index is 5.92. The Bertz CT molecular complexity index is 582. The van der Waals surface area contributed by atoms with Crippen molar-refractivity contribution in [2.24, 2.45) is 0 Å². The van der Waals surface area contributed by atoms with Gasteiger partial charge in [0.25, 0.3) is 0 Å². The van der Waals surface area contributed by atoms with Gasteiger partial charge >= 0.3 is 0 Å². The highest BCUT2D eigenvalue weighted by molar-refractivity contribution is 5.47. The average molecular weight is 257 g/mol. The topological polar surface area (TPSA) is 47.0 Å². The molecule has 1 aromatic heterocycles. The third kappa shape index (κ3) is 3.02. The minimum absolute atomic E-state index is 0.558. The van der Waals surface area contributed by atoms with E-state index in [-0.39, 0.29) is 0 Å². The van der Waals surface area contributed by atoms with Crippen molar-refractivity contribution in [2.75, 3.05) is 11.9 Å². The molecule has 0 aliphatic carbocycles. The van der Waals surface area contributed by atoms with Crippen molar-refractivity contribution >= 4 is 5.82 Å². The Morgan fingerprint density at radius 1 is 1.11 bits per heavy atom. The molecule has 0 unspecified atom stereocenters. The van der Waals surface area contributed by atoms with Crippen molar-refractivity contribution in [2.45, 2.75) is 27.7 Å². The smallest absolute Gasteiger partial charge is 0.224 e. The Balaban J connectivity index is 2.31. The van der Waals surface area contributed by atoms with Gasteiger partial charge in [0.15, 0.2) is 0 Å². The second-order valence-corrected chi connectivity index (χ2v) is 4.53. The number of nitrogens with zero attached hydrogens (tertiary/aromatic N) is 2. The molecule has 0 spiro atoms. The first-order chi connectivity index (χ1) is 9.11. The largest absolute Gasteiger partial charge is 0.438 e. The van der Waals surface area contributed by atoms with Crippen molar-refractivity contribution in [1.82, 2.24) is 9.97 Å². The highest BCUT2D eigenvalue weighted by atomic mass is 16.5. The number of benzene rings is 1. The van der Waals surface area contributed by atoms with Crippen LogP contribution in [0.5, 0.6) is 11.6 Å². The lowest BCUT2D eigenvalue weighted by Gasteiger charge is -2.13. The third-order valence-electron chi connectivity index (χ3n) is 3.08. The Morgan fingerprint density at radius 3 is 2.58 bits per heavy atom. The minimum atomic E-state index is 0.558. The highest BCUT2D eigenvalue weighted by Gasteiger charge is 2.09. The standard InChI is InChI=1S/C15H19N3O/c1-5-16-13-8-14(18-9-17-13)19-15-11(3)7-6-10(2)12(15)4/h6-9H,5H2,1-4H3,(H,16,17,18). The third-order valence-corrected chi connectivity index (χ3v) is 3.08. The van der Waals surface area contributed by atoms with Gasteiger partial charge in [0.05, 0.1) is 0 Å². The van der Waals surface area contributed by atoms with Crippen LogP contribution in [-0.4, -0.2) is 16.5 Å². The molecule has 0 bridgehead atoms. The van der Waals surface area contributed by atoms with Gasteiger partial charge in [0.1, 0.15) is 17.9 Å². The van der Waals surface area contributed by atoms with Crippen molar-refractivity contribution in [3.8, 4) is 11.6 Å². The fourth-order valence-corrected chi connectivity index (χ4v) is 1.86. The van der Waals surface area contributed by atoms with E-state index in [1.165, 1.54) is 11.9 Å². The molecule has 0 saturated carbocycles. The van der Waals surface area contributed by atoms with E-state index in [1.54, 1.807) is 0 Å². The second-order valence-electron chi connectivity index (χ2n) is 4.53. The normalized spacial score (nSPS) is 10.3. The molecule has 0 amide bonds. The van der Waals surface area contributed by atoms with Crippen molar-refractivity contribution in [3.63, 3.8) is 0 Å². The molecule has 0 fully saturated rings. The van der Waals surface area contributed by atoms with Crippen LogP contribution in [0.4, 0.5) is 5.82 Å². The van der Waals surface area contributed by atoms with Crippen LogP contribution in [0.1, 0.15) is 23.6 Å². The Labute approximate surface area is 113 Å². The first kappa shape index (κ1) is 13.3. The zero-order chi connectivity index (χ0) is 13.8. The van der Waals surface area contributed by atoms with Crippen LogP contribution in [0.2, 0.25) is 0 Å². The molecule has 0 radical (unpaired) electrons. The van der Waals surface area contributed by atoms with Crippen LogP contribution in [0.3, 0.4) is 0 Å². The number of hydrogen-bond acceptors (Lipinski definition) is 4. The zero-order valence-corrected chi connectivity index (χ0v) is 11.8. The van der Waals surface area contributed by atoms with Gasteiger partial charge in [-0.05, 0) is 44.4 Å². The number of rotatable bonds is 4. The Hall–Kier alpha value is -2.10. The molecule has 4 heteroatoms. The maximum Gasteiger partial charge on any atom is 0.224 e. The van der Waals surface area contributed by atoms with Gasteiger partial charge in [-0.3, -0.25) is 0 Å². The van der Waals surface area contributed by atoms with E-state index in [0.717, 1.165) is 29.2 Å². The zero-order valence-electron chi connectivity index (χ0n) is 11.8. The highest BCUT2D eigenvalue weighted by Crippen LogP contribution is 2.30. The SMILES string of the molecule is CCNc1cc(Oc2c(C)ccc(C)c2C)ncn1. The fraction of sp³-hybridized carbons (Fsp3) is 0.333. The molecule has 0 saturated heterocycles. The first-order valence-corrected chi connectivity index (χ1v) is 6.42. The van der Waals surface area contributed by atoms with E-state index in [2.05, 4.69) is 41.3 Å². The molecule has 0 aliphatic rings. The molecule has 0 aliphatic heterocycles. The van der Waals surface area contributed by atoms with Gasteiger partial charge in [-0.1, -0.05) is 12.1 Å². The van der Waals surface area contributed by atoms with Crippen molar-refractivity contribution < 1.29 is 4.74 Å². The van der Waals surface area contributed by atoms with Crippen LogP contribution < -0.4 is 10.1 Å². The second kappa shape index (κ2) is 5.69. The number of hydrogen-bond donors (Lipinski definition) is 1. The summed E-state index contributed by atoms with van der Waals surface area (Å²) in [5.74, 6) is 2.21. The molecule has 4 nitrogen and oxygen atoms in total. The molecule has 19 heavy (non-hydrogen) atoms. The predicted octanol–water partition coefficient (Wildman–Crippen LogP) is 3.63. The van der Waals surface area contributed by atoms with E-state index in [0.29, 0.717) is 5.88 Å². The molecule has 0 atom stereocenters. The van der Waals surface area contributed by atoms with Gasteiger partial charge in [-0.25, -0.2) is 9.97 Å². The van der Waals surface area contributed by atoms with Crippen molar-refractivity contribution in [3.05, 3.63) is 41.2 Å². The van der Waals surface area contributed by atoms with Crippen LogP contribution >= 0.6 is 0 Å². The van der Waals surface area contributed by atoms with Crippen LogP contribution in [-0.2, 0) is 0 Å². The van der Waals surface area contributed by atoms with E-state index < -0.39 is 0 Å². The van der Waals surface area contributed by atoms with Gasteiger partial charge in [-0.15, -0.1) is 0 Å². The lowest BCUT2D eigenvalue weighted by molar-refractivity contribution is 0.454. The number of aromatic nitrogens is 2. The van der Waals surface area contributed by atoms with Gasteiger partial charge in [-0.2, -0.15) is 0 Å². The maximum absolute atomic E-state index is 5.92. The monoisotopic (exact) mass is 257 g/mol. The summed E-state index contributed by atoms with van der Waals surface area (Å²) >= 11 is 0. The Morgan fingerprint density at radius 2 is 1.84 bits per heavy atom. The lowest BCUT2D eigenvalue weighted by atomic mass is 10.1. The summed E-state index contributed by atoms with van der Waals surface area (Å²) < 4.78 is 5.92. The van der Waals surface area contributed by atoms with E-state index >= 15 is 0 Å². The molecule has 1 heterocycles. The van der Waals surface area contributed by atoms with E-state index in [1.807, 2.05) is 19.9 Å². The van der Waals surface area contributed by atoms with Crippen LogP contribution in [0.25, 0.3) is 0 Å². The quantitative estimate of drug-likeness (QED) is 0.908. The van der Waals surface area contributed by atoms with Gasteiger partial charge in [0, 0.05) is 12.6 Å². The van der Waals surface area contributed by atoms with E-state index in [4.69, 9.17) is 4.74 Å². The molecular formula is C15H19N3O. The summed E-state index contributed by atoms with van der Waals surface area (Å²) in [6.45, 7) is 9.01. The average Bonchev–Trinajstić information content (AvgIpc) is 2.40. The summed E-state index contributed by atoms with van der Waals surface area (Å²) in [5, 5.41) is 3.14. The molecular weight excluding hydrogens is 238 g/mol.